The summed E-state index contributed by atoms with van der Waals surface area (Å²) in [6, 6.07) is 4.60. The van der Waals surface area contributed by atoms with E-state index in [1.807, 2.05) is 0 Å². The number of fused-ring (bicyclic) bond motifs is 20. The zero-order valence-corrected chi connectivity index (χ0v) is 46.3. The Labute approximate surface area is 442 Å². The van der Waals surface area contributed by atoms with Crippen molar-refractivity contribution in [2.75, 3.05) is 0 Å². The van der Waals surface area contributed by atoms with Crippen LogP contribution in [0.5, 0.6) is 5.75 Å². The van der Waals surface area contributed by atoms with E-state index in [1.54, 1.807) is 0 Å². The van der Waals surface area contributed by atoms with Crippen LogP contribution in [0.2, 0.25) is 0 Å². The Hall–Kier alpha value is 3.23. The molecule has 294 valence electrons. The Bertz CT molecular complexity index is 1310. The molecule has 5 heterocycles. The van der Waals surface area contributed by atoms with Gasteiger partial charge in [-0.25, -0.2) is 0 Å². The second-order valence-electron chi connectivity index (χ2n) is 17.4. The van der Waals surface area contributed by atoms with Gasteiger partial charge in [-0.1, -0.05) is 51.4 Å². The van der Waals surface area contributed by atoms with Crippen molar-refractivity contribution >= 4 is 10.1 Å². The van der Waals surface area contributed by atoms with Crippen molar-refractivity contribution < 1.29 is 161 Å². The molecule has 56 heavy (non-hydrogen) atoms. The van der Waals surface area contributed by atoms with Crippen LogP contribution in [-0.2, 0) is 29.6 Å². The Morgan fingerprint density at radius 1 is 0.482 bits per heavy atom. The molecule has 16 unspecified atom stereocenters. The predicted octanol–water partition coefficient (Wildman–Crippen LogP) is -8.48. The number of aromatic hydroxyl groups is 1. The summed E-state index contributed by atoms with van der Waals surface area (Å²) in [5, 5.41) is 42.4. The molecule has 16 atom stereocenters. The molecule has 9 aliphatic rings. The molecular weight excluding hydrogens is 822 g/mol. The summed E-state index contributed by atoms with van der Waals surface area (Å²) < 4.78 is 29.3. The number of hydrogen-bond donors (Lipinski definition) is 10. The number of phenols is 1. The fraction of sp³-hybridized carbons (Fsp3) is 0.816. The predicted molar refractivity (Wildman–Crippen MR) is 199 cm³/mol. The van der Waals surface area contributed by atoms with Gasteiger partial charge < -0.3 is 17.2 Å². The Balaban J connectivity index is 0.00000155. The van der Waals surface area contributed by atoms with Gasteiger partial charge in [-0.05, 0) is 104 Å². The summed E-state index contributed by atoms with van der Waals surface area (Å²) in [7, 11) is -4.13. The number of hydrogen-bond acceptors (Lipinski definition) is 11. The minimum absolute atomic E-state index is 0. The van der Waals surface area contributed by atoms with Gasteiger partial charge in [0.1, 0.15) is 5.75 Å². The average Bonchev–Trinajstić information content (AvgIpc) is 3.88. The molecule has 12 nitrogen and oxygen atoms in total. The first-order chi connectivity index (χ1) is 24.8. The fourth-order valence-corrected chi connectivity index (χ4v) is 12.8. The van der Waals surface area contributed by atoms with Crippen molar-refractivity contribution in [1.29, 1.82) is 0 Å². The van der Waals surface area contributed by atoms with Crippen LogP contribution in [-0.4, -0.2) is 67.4 Å². The summed E-state index contributed by atoms with van der Waals surface area (Å²) in [6.45, 7) is 0. The van der Waals surface area contributed by atoms with E-state index in [4.69, 9.17) is 9.66 Å². The first-order valence-corrected chi connectivity index (χ1v) is 21.9. The van der Waals surface area contributed by atoms with E-state index in [0.717, 1.165) is 47.6 Å². The van der Waals surface area contributed by atoms with Crippen LogP contribution in [0.25, 0.3) is 0 Å². The summed E-state index contributed by atoms with van der Waals surface area (Å²) in [5.41, 5.74) is 0. The van der Waals surface area contributed by atoms with Gasteiger partial charge >= 0.3 is 118 Å². The van der Waals surface area contributed by atoms with Crippen molar-refractivity contribution in [3.05, 3.63) is 30.7 Å². The van der Waals surface area contributed by atoms with Crippen molar-refractivity contribution in [1.82, 2.24) is 42.5 Å². The molecule has 8 bridgehead atoms. The molecule has 4 aliphatic carbocycles. The van der Waals surface area contributed by atoms with E-state index in [1.165, 1.54) is 108 Å². The zero-order valence-electron chi connectivity index (χ0n) is 38.6. The molecule has 0 radical (unpaired) electrons. The topological polar surface area (TPSA) is 171 Å². The Morgan fingerprint density at radius 2 is 0.768 bits per heavy atom. The van der Waals surface area contributed by atoms with E-state index in [9.17, 15) is 8.42 Å². The van der Waals surface area contributed by atoms with E-state index >= 15 is 0 Å². The number of rotatable bonds is 1. The van der Waals surface area contributed by atoms with E-state index in [-0.39, 0.29) is 154 Å². The Kier molecular flexibility index (Phi) is 21.2. The molecule has 9 fully saturated rings. The van der Waals surface area contributed by atoms with Crippen LogP contribution in [0.1, 0.15) is 102 Å². The standard InChI is InChI=1S/C32H55N8.C6H6O4S.4Na.Zn.4H/c1-2-10-18-17(9-1)25-33-26(18)38-28-21-13-5-6-14-22(21)30(35-28)40-32-24-16-8-7-15-23(24)31(36-32)39-29-20-12-4-3-11-19(20)27(34-29)37-25;7-5-1-3-6(4-2-5)11(8,9)10;;;;;;;;;/h9,17-40H,1-8,10-16H2;1-4,7H,(H,8,9,10);;;;;;;;;/q-1;;4*+1;;4*-1. The van der Waals surface area contributed by atoms with Gasteiger partial charge in [0.25, 0.3) is 10.1 Å². The van der Waals surface area contributed by atoms with E-state index in [0.29, 0.717) is 61.2 Å². The molecule has 1 aromatic rings. The number of nitrogens with one attached hydrogen (secondary N) is 8. The summed E-state index contributed by atoms with van der Waals surface area (Å²) in [5.74, 6) is 5.69. The van der Waals surface area contributed by atoms with Crippen molar-refractivity contribution in [3.8, 4) is 5.75 Å². The van der Waals surface area contributed by atoms with Crippen molar-refractivity contribution in [2.24, 2.45) is 47.3 Å². The Morgan fingerprint density at radius 3 is 1.09 bits per heavy atom. The third-order valence-corrected chi connectivity index (χ3v) is 15.6. The van der Waals surface area contributed by atoms with Crippen LogP contribution in [0.4, 0.5) is 0 Å². The second kappa shape index (κ2) is 22.9. The SMILES string of the molecule is O=S(=O)(O)c1ccc(O)cc1.[CH-]1CCCC2C3NC(NC4NC(NC5NC(NC6NC(N3)C3CCCCC63)C3CCCCC53)C3CCCCC43)C12.[H-].[H-].[H-].[H-].[Na+].[Na+].[Na+].[Na+].[Zn]. The molecule has 10 rings (SSSR count). The largest absolute Gasteiger partial charge is 1.00 e. The maximum absolute atomic E-state index is 10.4. The first-order valence-electron chi connectivity index (χ1n) is 20.5. The molecule has 10 N–H and O–H groups in total. The van der Waals surface area contributed by atoms with Gasteiger partial charge in [-0.15, -0.1) is 5.92 Å². The normalized spacial score (nSPS) is 43.4. The minimum atomic E-state index is -4.13. The van der Waals surface area contributed by atoms with Gasteiger partial charge in [-0.3, -0.25) is 47.1 Å². The van der Waals surface area contributed by atoms with Crippen LogP contribution in [0.15, 0.2) is 29.2 Å². The molecule has 5 aliphatic heterocycles. The monoisotopic (exact) mass is 885 g/mol. The molecule has 4 saturated carbocycles. The third-order valence-electron chi connectivity index (χ3n) is 14.7. The minimum Gasteiger partial charge on any atom is -1.00 e. The quantitative estimate of drug-likeness (QED) is 0.0737. The third kappa shape index (κ3) is 11.2. The number of phenolic OH excluding ortho intramolecular Hbond substituents is 1. The van der Waals surface area contributed by atoms with Gasteiger partial charge in [0.2, 0.25) is 0 Å². The number of benzene rings is 1. The average molecular weight is 887 g/mol. The van der Waals surface area contributed by atoms with Crippen molar-refractivity contribution in [2.45, 2.75) is 151 Å². The molecule has 1 aromatic carbocycles. The first kappa shape index (κ1) is 51.9. The maximum Gasteiger partial charge on any atom is 1.00 e. The molecule has 0 amide bonds. The van der Waals surface area contributed by atoms with Crippen molar-refractivity contribution in [3.63, 3.8) is 0 Å². The van der Waals surface area contributed by atoms with E-state index in [2.05, 4.69) is 49.0 Å². The second-order valence-corrected chi connectivity index (χ2v) is 18.8. The smallest absolute Gasteiger partial charge is 1.00 e. The molecule has 18 heteroatoms. The molecular formula is C38H65N8Na4O4SZn-. The van der Waals surface area contributed by atoms with Gasteiger partial charge in [0, 0.05) is 25.6 Å². The van der Waals surface area contributed by atoms with Crippen LogP contribution >= 0.6 is 0 Å². The fourth-order valence-electron chi connectivity index (χ4n) is 12.4. The summed E-state index contributed by atoms with van der Waals surface area (Å²) in [4.78, 5) is -0.227. The zero-order chi connectivity index (χ0) is 34.7. The summed E-state index contributed by atoms with van der Waals surface area (Å²) in [6.07, 6.45) is 26.4. The van der Waals surface area contributed by atoms with Gasteiger partial charge in [-0.2, -0.15) is 14.8 Å². The summed E-state index contributed by atoms with van der Waals surface area (Å²) >= 11 is 0. The molecule has 0 aromatic heterocycles. The van der Waals surface area contributed by atoms with Gasteiger partial charge in [0.05, 0.1) is 48.1 Å². The van der Waals surface area contributed by atoms with Gasteiger partial charge in [0.15, 0.2) is 0 Å². The van der Waals surface area contributed by atoms with Crippen LogP contribution in [0.3, 0.4) is 0 Å². The molecule has 5 saturated heterocycles. The molecule has 0 spiro atoms. The van der Waals surface area contributed by atoms with E-state index < -0.39 is 10.1 Å². The van der Waals surface area contributed by atoms with Crippen LogP contribution < -0.4 is 161 Å². The maximum atomic E-state index is 10.4. The van der Waals surface area contributed by atoms with Crippen LogP contribution in [0, 0.1) is 53.8 Å².